The van der Waals surface area contributed by atoms with E-state index in [1.54, 1.807) is 13.0 Å². The molecule has 0 unspecified atom stereocenters. The van der Waals surface area contributed by atoms with Crippen molar-refractivity contribution in [1.82, 2.24) is 9.46 Å². The number of aryl methyl sites for hydroxylation is 1. The van der Waals surface area contributed by atoms with Gasteiger partial charge in [0.2, 0.25) is 10.0 Å². The van der Waals surface area contributed by atoms with Crippen molar-refractivity contribution in [2.75, 3.05) is 33.4 Å². The van der Waals surface area contributed by atoms with Crippen LogP contribution in [0.25, 0.3) is 0 Å². The van der Waals surface area contributed by atoms with Crippen molar-refractivity contribution in [3.8, 4) is 5.75 Å². The fourth-order valence-corrected chi connectivity index (χ4v) is 4.08. The lowest BCUT2D eigenvalue weighted by Crippen LogP contribution is -2.40. The molecule has 0 spiro atoms. The lowest BCUT2D eigenvalue weighted by atomic mass is 10.2. The summed E-state index contributed by atoms with van der Waals surface area (Å²) in [5.74, 6) is -0.119. The van der Waals surface area contributed by atoms with Gasteiger partial charge in [0.05, 0.1) is 30.9 Å². The SMILES string of the molecule is COc1ccc(S(=O)(=O)N2CCOCC2)cc1C(=O)OCc1cc(C)no1. The van der Waals surface area contributed by atoms with E-state index < -0.39 is 16.0 Å². The summed E-state index contributed by atoms with van der Waals surface area (Å²) >= 11 is 0. The molecule has 1 aliphatic heterocycles. The van der Waals surface area contributed by atoms with Crippen molar-refractivity contribution in [2.45, 2.75) is 18.4 Å². The molecule has 3 rings (SSSR count). The van der Waals surface area contributed by atoms with Gasteiger partial charge in [0.25, 0.3) is 0 Å². The first-order chi connectivity index (χ1) is 12.9. The Bertz CT molecular complexity index is 917. The van der Waals surface area contributed by atoms with Gasteiger partial charge in [0.15, 0.2) is 12.4 Å². The van der Waals surface area contributed by atoms with E-state index >= 15 is 0 Å². The number of sulfonamides is 1. The average Bonchev–Trinajstić information content (AvgIpc) is 3.11. The second-order valence-corrected chi connectivity index (χ2v) is 7.83. The predicted molar refractivity (Wildman–Crippen MR) is 92.9 cm³/mol. The van der Waals surface area contributed by atoms with Crippen molar-refractivity contribution in [1.29, 1.82) is 0 Å². The summed E-state index contributed by atoms with van der Waals surface area (Å²) in [4.78, 5) is 12.5. The van der Waals surface area contributed by atoms with Crippen LogP contribution in [0.1, 0.15) is 21.8 Å². The van der Waals surface area contributed by atoms with Gasteiger partial charge in [-0.05, 0) is 25.1 Å². The lowest BCUT2D eigenvalue weighted by Gasteiger charge is -2.26. The van der Waals surface area contributed by atoms with E-state index in [0.717, 1.165) is 0 Å². The van der Waals surface area contributed by atoms with Crippen LogP contribution in [0, 0.1) is 6.92 Å². The van der Waals surface area contributed by atoms with Crippen LogP contribution < -0.4 is 4.74 Å². The second kappa shape index (κ2) is 8.07. The number of carbonyl (C=O) groups excluding carboxylic acids is 1. The summed E-state index contributed by atoms with van der Waals surface area (Å²) in [5, 5.41) is 3.71. The van der Waals surface area contributed by atoms with Crippen molar-refractivity contribution >= 4 is 16.0 Å². The number of hydrogen-bond donors (Lipinski definition) is 0. The van der Waals surface area contributed by atoms with Gasteiger partial charge in [0.1, 0.15) is 11.3 Å². The molecule has 1 fully saturated rings. The normalized spacial score (nSPS) is 15.5. The number of rotatable bonds is 6. The zero-order valence-electron chi connectivity index (χ0n) is 15.0. The van der Waals surface area contributed by atoms with Crippen molar-refractivity contribution < 1.29 is 31.9 Å². The van der Waals surface area contributed by atoms with E-state index in [1.807, 2.05) is 0 Å². The molecule has 0 radical (unpaired) electrons. The van der Waals surface area contributed by atoms with Crippen LogP contribution in [0.4, 0.5) is 0 Å². The lowest BCUT2D eigenvalue weighted by molar-refractivity contribution is 0.0433. The van der Waals surface area contributed by atoms with Crippen LogP contribution in [0.3, 0.4) is 0 Å². The molecule has 0 amide bonds. The summed E-state index contributed by atoms with van der Waals surface area (Å²) in [7, 11) is -2.35. The van der Waals surface area contributed by atoms with E-state index in [4.69, 9.17) is 18.7 Å². The summed E-state index contributed by atoms with van der Waals surface area (Å²) in [5.41, 5.74) is 0.681. The molecular formula is C17H20N2O7S. The molecule has 10 heteroatoms. The number of esters is 1. The summed E-state index contributed by atoms with van der Waals surface area (Å²) < 4.78 is 47.5. The van der Waals surface area contributed by atoms with E-state index in [9.17, 15) is 13.2 Å². The molecule has 0 saturated carbocycles. The summed E-state index contributed by atoms with van der Waals surface area (Å²) in [6, 6.07) is 5.74. The quantitative estimate of drug-likeness (QED) is 0.674. The molecule has 27 heavy (non-hydrogen) atoms. The zero-order valence-corrected chi connectivity index (χ0v) is 15.8. The standard InChI is InChI=1S/C17H20N2O7S/c1-12-9-13(26-18-12)11-25-17(20)15-10-14(3-4-16(15)23-2)27(21,22)19-5-7-24-8-6-19/h3-4,9-10H,5-8,11H2,1-2H3. The maximum atomic E-state index is 12.8. The number of aromatic nitrogens is 1. The monoisotopic (exact) mass is 396 g/mol. The Balaban J connectivity index is 1.83. The van der Waals surface area contributed by atoms with Crippen LogP contribution in [0.5, 0.6) is 5.75 Å². The maximum absolute atomic E-state index is 12.8. The van der Waals surface area contributed by atoms with E-state index in [2.05, 4.69) is 5.16 Å². The third kappa shape index (κ3) is 4.29. The number of hydrogen-bond acceptors (Lipinski definition) is 8. The number of ether oxygens (including phenoxy) is 3. The van der Waals surface area contributed by atoms with Gasteiger partial charge < -0.3 is 18.7 Å². The molecule has 1 aromatic heterocycles. The van der Waals surface area contributed by atoms with E-state index in [1.165, 1.54) is 29.6 Å². The van der Waals surface area contributed by atoms with Crippen LogP contribution in [-0.2, 0) is 26.1 Å². The molecule has 1 saturated heterocycles. The van der Waals surface area contributed by atoms with Gasteiger partial charge in [-0.3, -0.25) is 0 Å². The Morgan fingerprint density at radius 1 is 1.26 bits per heavy atom. The van der Waals surface area contributed by atoms with Crippen LogP contribution in [0.2, 0.25) is 0 Å². The molecule has 0 bridgehead atoms. The highest BCUT2D eigenvalue weighted by Gasteiger charge is 2.28. The first kappa shape index (κ1) is 19.3. The highest BCUT2D eigenvalue weighted by molar-refractivity contribution is 7.89. The minimum absolute atomic E-state index is 0.00680. The number of benzene rings is 1. The first-order valence-electron chi connectivity index (χ1n) is 8.27. The van der Waals surface area contributed by atoms with Gasteiger partial charge in [-0.25, -0.2) is 13.2 Å². The largest absolute Gasteiger partial charge is 0.496 e. The average molecular weight is 396 g/mol. The number of methoxy groups -OCH3 is 1. The first-order valence-corrected chi connectivity index (χ1v) is 9.71. The Hall–Kier alpha value is -2.43. The second-order valence-electron chi connectivity index (χ2n) is 5.89. The van der Waals surface area contributed by atoms with Gasteiger partial charge in [-0.2, -0.15) is 4.31 Å². The molecule has 0 aliphatic carbocycles. The van der Waals surface area contributed by atoms with Gasteiger partial charge in [0, 0.05) is 19.2 Å². The highest BCUT2D eigenvalue weighted by Crippen LogP contribution is 2.26. The molecule has 0 atom stereocenters. The molecule has 9 nitrogen and oxygen atoms in total. The molecule has 2 heterocycles. The Morgan fingerprint density at radius 3 is 2.63 bits per heavy atom. The van der Waals surface area contributed by atoms with E-state index in [-0.39, 0.29) is 35.9 Å². The summed E-state index contributed by atoms with van der Waals surface area (Å²) in [6.07, 6.45) is 0. The highest BCUT2D eigenvalue weighted by atomic mass is 32.2. The third-order valence-corrected chi connectivity index (χ3v) is 5.92. The number of carbonyl (C=O) groups is 1. The Morgan fingerprint density at radius 2 is 2.00 bits per heavy atom. The van der Waals surface area contributed by atoms with Gasteiger partial charge in [-0.15, -0.1) is 0 Å². The summed E-state index contributed by atoms with van der Waals surface area (Å²) in [6.45, 7) is 2.82. The van der Waals surface area contributed by atoms with Crippen molar-refractivity contribution in [3.05, 3.63) is 41.3 Å². The van der Waals surface area contributed by atoms with Crippen molar-refractivity contribution in [2.24, 2.45) is 0 Å². The molecule has 0 N–H and O–H groups in total. The van der Waals surface area contributed by atoms with Gasteiger partial charge >= 0.3 is 5.97 Å². The van der Waals surface area contributed by atoms with Crippen LogP contribution >= 0.6 is 0 Å². The Kier molecular flexibility index (Phi) is 5.78. The zero-order chi connectivity index (χ0) is 19.4. The van der Waals surface area contributed by atoms with Crippen LogP contribution in [0.15, 0.2) is 33.7 Å². The smallest absolute Gasteiger partial charge is 0.342 e. The number of morpholine rings is 1. The molecule has 2 aromatic rings. The molecule has 1 aliphatic rings. The third-order valence-electron chi connectivity index (χ3n) is 4.02. The minimum atomic E-state index is -3.75. The Labute approximate surface area is 156 Å². The minimum Gasteiger partial charge on any atom is -0.496 e. The van der Waals surface area contributed by atoms with E-state index in [0.29, 0.717) is 24.7 Å². The fraction of sp³-hybridized carbons (Fsp3) is 0.412. The van der Waals surface area contributed by atoms with Crippen molar-refractivity contribution in [3.63, 3.8) is 0 Å². The number of nitrogens with zero attached hydrogens (tertiary/aromatic N) is 2. The molecular weight excluding hydrogens is 376 g/mol. The topological polar surface area (TPSA) is 108 Å². The maximum Gasteiger partial charge on any atom is 0.342 e. The predicted octanol–water partition coefficient (Wildman–Crippen LogP) is 1.37. The molecule has 1 aromatic carbocycles. The molecule has 146 valence electrons. The fourth-order valence-electron chi connectivity index (χ4n) is 2.64. The van der Waals surface area contributed by atoms with Gasteiger partial charge in [-0.1, -0.05) is 5.16 Å². The van der Waals surface area contributed by atoms with Crippen LogP contribution in [-0.4, -0.2) is 57.3 Å².